The lowest BCUT2D eigenvalue weighted by molar-refractivity contribution is -0.121. The van der Waals surface area contributed by atoms with Crippen LogP contribution in [0.25, 0.3) is 0 Å². The lowest BCUT2D eigenvalue weighted by Crippen LogP contribution is -2.33. The third kappa shape index (κ3) is 9.02. The Hall–Kier alpha value is -1.21. The molecule has 27 heavy (non-hydrogen) atoms. The van der Waals surface area contributed by atoms with Crippen LogP contribution in [0.5, 0.6) is 0 Å². The predicted molar refractivity (Wildman–Crippen MR) is 116 cm³/mol. The zero-order valence-corrected chi connectivity index (χ0v) is 18.7. The van der Waals surface area contributed by atoms with Crippen LogP contribution >= 0.6 is 11.8 Å². The Morgan fingerprint density at radius 3 is 2.59 bits per heavy atom. The van der Waals surface area contributed by atoms with Gasteiger partial charge in [0.25, 0.3) is 0 Å². The van der Waals surface area contributed by atoms with Crippen molar-refractivity contribution in [3.63, 3.8) is 0 Å². The molecule has 1 atom stereocenters. The Bertz CT molecular complexity index is 678. The second-order valence-electron chi connectivity index (χ2n) is 6.86. The van der Waals surface area contributed by atoms with Gasteiger partial charge < -0.3 is 5.32 Å². The maximum absolute atomic E-state index is 12.2. The van der Waals surface area contributed by atoms with Crippen LogP contribution in [0.15, 0.2) is 29.2 Å². The van der Waals surface area contributed by atoms with Crippen molar-refractivity contribution < 1.29 is 13.2 Å². The lowest BCUT2D eigenvalue weighted by Gasteiger charge is -2.23. The largest absolute Gasteiger partial charge is 0.356 e. The van der Waals surface area contributed by atoms with Crippen LogP contribution in [0, 0.1) is 5.92 Å². The molecule has 1 aromatic carbocycles. The van der Waals surface area contributed by atoms with E-state index < -0.39 is 10.0 Å². The fourth-order valence-corrected chi connectivity index (χ4v) is 4.34. The van der Waals surface area contributed by atoms with Crippen molar-refractivity contribution in [2.45, 2.75) is 57.3 Å². The number of hydrogen-bond donors (Lipinski definition) is 1. The second-order valence-corrected chi connectivity index (χ2v) is 9.65. The van der Waals surface area contributed by atoms with Gasteiger partial charge >= 0.3 is 0 Å². The average molecular weight is 415 g/mol. The Morgan fingerprint density at radius 1 is 1.26 bits per heavy atom. The Balaban J connectivity index is 2.55. The summed E-state index contributed by atoms with van der Waals surface area (Å²) in [6, 6.07) is 7.46. The van der Waals surface area contributed by atoms with Crippen molar-refractivity contribution in [3.8, 4) is 0 Å². The fourth-order valence-electron chi connectivity index (χ4n) is 2.93. The molecule has 0 aliphatic rings. The topological polar surface area (TPSA) is 66.5 Å². The number of carbonyl (C=O) groups excluding carboxylic acids is 1. The second kappa shape index (κ2) is 12.3. The fraction of sp³-hybridized carbons (Fsp3) is 0.650. The van der Waals surface area contributed by atoms with E-state index in [1.807, 2.05) is 24.5 Å². The summed E-state index contributed by atoms with van der Waals surface area (Å²) in [4.78, 5) is 13.1. The van der Waals surface area contributed by atoms with Gasteiger partial charge in [-0.3, -0.25) is 9.10 Å². The van der Waals surface area contributed by atoms with Crippen LogP contribution in [0.4, 0.5) is 5.69 Å². The maximum Gasteiger partial charge on any atom is 0.232 e. The first-order chi connectivity index (χ1) is 12.8. The van der Waals surface area contributed by atoms with Crippen molar-refractivity contribution in [1.82, 2.24) is 5.32 Å². The molecule has 5 nitrogen and oxygen atoms in total. The van der Waals surface area contributed by atoms with Gasteiger partial charge in [0.15, 0.2) is 0 Å². The molecule has 0 radical (unpaired) electrons. The standard InChI is InChI=1S/C20H34N2O3S2/c1-5-7-10-17(6-2)16-21-20(23)13-9-14-22(27(4,24)25)18-11-8-12-19(15-18)26-3/h8,11-12,15,17H,5-7,9-10,13-14,16H2,1-4H3,(H,21,23)/t17-/m1/s1. The number of carbonyl (C=O) groups is 1. The third-order valence-electron chi connectivity index (χ3n) is 4.64. The molecular formula is C20H34N2O3S2. The quantitative estimate of drug-likeness (QED) is 0.489. The van der Waals surface area contributed by atoms with Gasteiger partial charge in [0.05, 0.1) is 11.9 Å². The van der Waals surface area contributed by atoms with E-state index >= 15 is 0 Å². The summed E-state index contributed by atoms with van der Waals surface area (Å²) in [6.45, 7) is 5.34. The number of thioether (sulfide) groups is 1. The van der Waals surface area contributed by atoms with Crippen molar-refractivity contribution in [1.29, 1.82) is 0 Å². The maximum atomic E-state index is 12.2. The molecule has 1 N–H and O–H groups in total. The van der Waals surface area contributed by atoms with Gasteiger partial charge in [-0.1, -0.05) is 39.2 Å². The molecule has 7 heteroatoms. The van der Waals surface area contributed by atoms with E-state index in [0.29, 0.717) is 37.5 Å². The number of unbranched alkanes of at least 4 members (excludes halogenated alkanes) is 1. The van der Waals surface area contributed by atoms with E-state index in [2.05, 4.69) is 19.2 Å². The molecule has 0 saturated carbocycles. The monoisotopic (exact) mass is 414 g/mol. The number of nitrogens with zero attached hydrogens (tertiary/aromatic N) is 1. The highest BCUT2D eigenvalue weighted by Gasteiger charge is 2.18. The summed E-state index contributed by atoms with van der Waals surface area (Å²) in [6.07, 6.45) is 8.55. The summed E-state index contributed by atoms with van der Waals surface area (Å²) in [5.41, 5.74) is 0.648. The van der Waals surface area contributed by atoms with Crippen LogP contribution in [-0.2, 0) is 14.8 Å². The minimum atomic E-state index is -3.39. The van der Waals surface area contributed by atoms with Gasteiger partial charge in [0, 0.05) is 24.4 Å². The van der Waals surface area contributed by atoms with E-state index in [9.17, 15) is 13.2 Å². The Kier molecular flexibility index (Phi) is 10.8. The predicted octanol–water partition coefficient (Wildman–Crippen LogP) is 4.29. The molecule has 0 aliphatic heterocycles. The first kappa shape index (κ1) is 23.8. The molecule has 0 heterocycles. The first-order valence-corrected chi connectivity index (χ1v) is 12.8. The van der Waals surface area contributed by atoms with Crippen molar-refractivity contribution >= 4 is 33.4 Å². The molecule has 154 valence electrons. The highest BCUT2D eigenvalue weighted by molar-refractivity contribution is 7.98. The zero-order chi connectivity index (χ0) is 20.3. The van der Waals surface area contributed by atoms with E-state index in [4.69, 9.17) is 0 Å². The normalized spacial score (nSPS) is 12.6. The van der Waals surface area contributed by atoms with Gasteiger partial charge in [-0.05, 0) is 43.2 Å². The number of sulfonamides is 1. The van der Waals surface area contributed by atoms with Gasteiger partial charge in [0.1, 0.15) is 0 Å². The molecule has 0 spiro atoms. The molecule has 0 bridgehead atoms. The van der Waals surface area contributed by atoms with Gasteiger partial charge in [-0.15, -0.1) is 11.8 Å². The smallest absolute Gasteiger partial charge is 0.232 e. The highest BCUT2D eigenvalue weighted by atomic mass is 32.2. The summed E-state index contributed by atoms with van der Waals surface area (Å²) >= 11 is 1.57. The van der Waals surface area contributed by atoms with Crippen molar-refractivity contribution in [2.24, 2.45) is 5.92 Å². The molecule has 0 fully saturated rings. The van der Waals surface area contributed by atoms with Crippen LogP contribution in [0.3, 0.4) is 0 Å². The van der Waals surface area contributed by atoms with E-state index in [0.717, 1.165) is 17.7 Å². The lowest BCUT2D eigenvalue weighted by atomic mass is 9.99. The van der Waals surface area contributed by atoms with Crippen LogP contribution in [0.2, 0.25) is 0 Å². The Morgan fingerprint density at radius 2 is 2.00 bits per heavy atom. The first-order valence-electron chi connectivity index (χ1n) is 9.70. The van der Waals surface area contributed by atoms with Crippen molar-refractivity contribution in [2.75, 3.05) is 29.9 Å². The van der Waals surface area contributed by atoms with Crippen LogP contribution in [0.1, 0.15) is 52.4 Å². The van der Waals surface area contributed by atoms with E-state index in [1.54, 1.807) is 17.8 Å². The van der Waals surface area contributed by atoms with Gasteiger partial charge in [-0.25, -0.2) is 8.42 Å². The summed E-state index contributed by atoms with van der Waals surface area (Å²) < 4.78 is 25.7. The number of amides is 1. The number of anilines is 1. The van der Waals surface area contributed by atoms with Crippen LogP contribution < -0.4 is 9.62 Å². The third-order valence-corrected chi connectivity index (χ3v) is 6.56. The average Bonchev–Trinajstić information content (AvgIpc) is 2.64. The summed E-state index contributed by atoms with van der Waals surface area (Å²) in [5.74, 6) is 0.520. The minimum absolute atomic E-state index is 0.00346. The SMILES string of the molecule is CCCC[C@@H](CC)CNC(=O)CCCN(c1cccc(SC)c1)S(C)(=O)=O. The zero-order valence-electron chi connectivity index (χ0n) is 17.0. The van der Waals surface area contributed by atoms with Crippen LogP contribution in [-0.4, -0.2) is 39.9 Å². The van der Waals surface area contributed by atoms with E-state index in [-0.39, 0.29) is 5.91 Å². The molecule has 0 aliphatic carbocycles. The number of benzene rings is 1. The molecule has 0 aromatic heterocycles. The number of rotatable bonds is 13. The molecule has 1 aromatic rings. The number of nitrogens with one attached hydrogen (secondary N) is 1. The Labute approximate surface area is 169 Å². The van der Waals surface area contributed by atoms with Crippen molar-refractivity contribution in [3.05, 3.63) is 24.3 Å². The molecule has 0 saturated heterocycles. The summed E-state index contributed by atoms with van der Waals surface area (Å²) in [5, 5.41) is 3.00. The molecule has 0 unspecified atom stereocenters. The highest BCUT2D eigenvalue weighted by Crippen LogP contribution is 2.24. The van der Waals surface area contributed by atoms with Gasteiger partial charge in [-0.2, -0.15) is 0 Å². The molecule has 1 amide bonds. The molecule has 1 rings (SSSR count). The molecular weight excluding hydrogens is 380 g/mol. The minimum Gasteiger partial charge on any atom is -0.356 e. The summed E-state index contributed by atoms with van der Waals surface area (Å²) in [7, 11) is -3.39. The number of hydrogen-bond acceptors (Lipinski definition) is 4. The van der Waals surface area contributed by atoms with Gasteiger partial charge in [0.2, 0.25) is 15.9 Å². The van der Waals surface area contributed by atoms with E-state index in [1.165, 1.54) is 23.4 Å².